The van der Waals surface area contributed by atoms with Crippen molar-refractivity contribution < 1.29 is 9.21 Å². The van der Waals surface area contributed by atoms with Crippen molar-refractivity contribution in [2.45, 2.75) is 13.5 Å². The molecule has 5 rings (SSSR count). The molecule has 35 heavy (non-hydrogen) atoms. The highest BCUT2D eigenvalue weighted by Gasteiger charge is 2.26. The maximum atomic E-state index is 13.9. The van der Waals surface area contributed by atoms with E-state index in [2.05, 4.69) is 21.3 Å². The summed E-state index contributed by atoms with van der Waals surface area (Å²) in [4.78, 5) is 22.7. The van der Waals surface area contributed by atoms with Gasteiger partial charge in [-0.2, -0.15) is 0 Å². The monoisotopic (exact) mass is 486 g/mol. The van der Waals surface area contributed by atoms with E-state index >= 15 is 0 Å². The number of para-hydroxylation sites is 2. The second kappa shape index (κ2) is 10.3. The number of anilines is 2. The number of hydrogen-bond acceptors (Lipinski definition) is 5. The zero-order valence-electron chi connectivity index (χ0n) is 19.6. The molecular weight excluding hydrogens is 460 g/mol. The minimum absolute atomic E-state index is 0.212. The van der Waals surface area contributed by atoms with E-state index in [0.29, 0.717) is 17.3 Å². The third-order valence-electron chi connectivity index (χ3n) is 6.09. The number of halogens is 1. The molecule has 6 nitrogen and oxygen atoms in total. The summed E-state index contributed by atoms with van der Waals surface area (Å²) >= 11 is 6.03. The average molecular weight is 487 g/mol. The van der Waals surface area contributed by atoms with Crippen molar-refractivity contribution in [3.05, 3.63) is 101 Å². The Morgan fingerprint density at radius 2 is 1.77 bits per heavy atom. The molecule has 1 aliphatic heterocycles. The molecule has 2 aromatic heterocycles. The fourth-order valence-corrected chi connectivity index (χ4v) is 4.46. The normalized spacial score (nSPS) is 13.6. The molecule has 0 bridgehead atoms. The third kappa shape index (κ3) is 5.24. The maximum Gasteiger partial charge on any atom is 0.294 e. The summed E-state index contributed by atoms with van der Waals surface area (Å²) in [5, 5.41) is 4.05. The first kappa shape index (κ1) is 23.1. The molecule has 0 atom stereocenters. The van der Waals surface area contributed by atoms with Crippen molar-refractivity contribution in [1.82, 2.24) is 10.3 Å². The van der Waals surface area contributed by atoms with E-state index in [9.17, 15) is 4.79 Å². The van der Waals surface area contributed by atoms with Crippen molar-refractivity contribution in [1.29, 1.82) is 0 Å². The SMILES string of the molecule is Cc1cccc(CN(C(=O)c2ccc(-c3ccc(Cl)cc3)o2)c2ccccc2N2CCNCC2)n1. The number of amides is 1. The number of aromatic nitrogens is 1. The van der Waals surface area contributed by atoms with Crippen LogP contribution in [0.4, 0.5) is 11.4 Å². The quantitative estimate of drug-likeness (QED) is 0.386. The molecule has 7 heteroatoms. The van der Waals surface area contributed by atoms with Crippen LogP contribution in [-0.4, -0.2) is 37.1 Å². The minimum Gasteiger partial charge on any atom is -0.451 e. The van der Waals surface area contributed by atoms with Gasteiger partial charge in [-0.25, -0.2) is 0 Å². The number of piperazine rings is 1. The van der Waals surface area contributed by atoms with Crippen molar-refractivity contribution in [2.75, 3.05) is 36.0 Å². The number of rotatable bonds is 6. The number of pyridine rings is 1. The summed E-state index contributed by atoms with van der Waals surface area (Å²) < 4.78 is 6.04. The second-order valence-electron chi connectivity index (χ2n) is 8.56. The molecule has 1 N–H and O–H groups in total. The first-order valence-corrected chi connectivity index (χ1v) is 12.1. The van der Waals surface area contributed by atoms with E-state index < -0.39 is 0 Å². The summed E-state index contributed by atoms with van der Waals surface area (Å²) in [6, 6.07) is 24.8. The first-order chi connectivity index (χ1) is 17.1. The maximum absolute atomic E-state index is 13.9. The summed E-state index contributed by atoms with van der Waals surface area (Å²) in [6.07, 6.45) is 0. The topological polar surface area (TPSA) is 61.6 Å². The molecule has 1 amide bonds. The Bertz CT molecular complexity index is 1310. The summed E-state index contributed by atoms with van der Waals surface area (Å²) in [6.45, 7) is 5.86. The zero-order valence-corrected chi connectivity index (χ0v) is 20.3. The van der Waals surface area contributed by atoms with E-state index in [4.69, 9.17) is 16.0 Å². The number of carbonyl (C=O) groups excluding carboxylic acids is 1. The Morgan fingerprint density at radius 3 is 2.54 bits per heavy atom. The van der Waals surface area contributed by atoms with Crippen LogP contribution in [0.25, 0.3) is 11.3 Å². The van der Waals surface area contributed by atoms with Crippen LogP contribution in [-0.2, 0) is 6.54 Å². The molecule has 0 spiro atoms. The van der Waals surface area contributed by atoms with Gasteiger partial charge in [0, 0.05) is 42.5 Å². The van der Waals surface area contributed by atoms with Gasteiger partial charge in [0.1, 0.15) is 5.76 Å². The number of carbonyl (C=O) groups is 1. The Kier molecular flexibility index (Phi) is 6.84. The first-order valence-electron chi connectivity index (χ1n) is 11.7. The van der Waals surface area contributed by atoms with Crippen LogP contribution in [0, 0.1) is 6.92 Å². The molecule has 1 saturated heterocycles. The fourth-order valence-electron chi connectivity index (χ4n) is 4.34. The van der Waals surface area contributed by atoms with Crippen LogP contribution in [0.1, 0.15) is 21.9 Å². The van der Waals surface area contributed by atoms with Gasteiger partial charge in [0.15, 0.2) is 5.76 Å². The summed E-state index contributed by atoms with van der Waals surface area (Å²) in [7, 11) is 0. The van der Waals surface area contributed by atoms with E-state index in [1.54, 1.807) is 23.1 Å². The van der Waals surface area contributed by atoms with Gasteiger partial charge in [-0.1, -0.05) is 29.8 Å². The lowest BCUT2D eigenvalue weighted by Crippen LogP contribution is -2.44. The van der Waals surface area contributed by atoms with Crippen molar-refractivity contribution in [2.24, 2.45) is 0 Å². The molecule has 178 valence electrons. The number of furan rings is 1. The number of aryl methyl sites for hydroxylation is 1. The van der Waals surface area contributed by atoms with Gasteiger partial charge in [0.05, 0.1) is 23.6 Å². The smallest absolute Gasteiger partial charge is 0.294 e. The van der Waals surface area contributed by atoms with Gasteiger partial charge in [-0.3, -0.25) is 14.7 Å². The molecular formula is C28H27ClN4O2. The van der Waals surface area contributed by atoms with Crippen LogP contribution in [0.15, 0.2) is 83.3 Å². The molecule has 4 aromatic rings. The van der Waals surface area contributed by atoms with Gasteiger partial charge in [0.2, 0.25) is 0 Å². The Labute approximate surface area is 210 Å². The standard InChI is InChI=1S/C28H27ClN4O2/c1-20-5-4-6-23(31-20)19-33(25-8-3-2-7-24(25)32-17-15-30-16-18-32)28(34)27-14-13-26(35-27)21-9-11-22(29)12-10-21/h2-14,30H,15-19H2,1H3. The second-order valence-corrected chi connectivity index (χ2v) is 8.99. The van der Waals surface area contributed by atoms with Gasteiger partial charge in [-0.05, 0) is 67.6 Å². The van der Waals surface area contributed by atoms with Crippen LogP contribution in [0.2, 0.25) is 5.02 Å². The Balaban J connectivity index is 1.52. The lowest BCUT2D eigenvalue weighted by molar-refractivity contribution is 0.0959. The highest BCUT2D eigenvalue weighted by molar-refractivity contribution is 6.30. The van der Waals surface area contributed by atoms with Gasteiger partial charge in [0.25, 0.3) is 5.91 Å². The minimum atomic E-state index is -0.212. The summed E-state index contributed by atoms with van der Waals surface area (Å²) in [5.74, 6) is 0.683. The molecule has 1 aliphatic rings. The molecule has 0 radical (unpaired) electrons. The zero-order chi connectivity index (χ0) is 24.2. The molecule has 0 saturated carbocycles. The van der Waals surface area contributed by atoms with Gasteiger partial charge < -0.3 is 14.6 Å². The lowest BCUT2D eigenvalue weighted by Gasteiger charge is -2.33. The van der Waals surface area contributed by atoms with E-state index in [-0.39, 0.29) is 11.7 Å². The van der Waals surface area contributed by atoms with Crippen LogP contribution in [0.3, 0.4) is 0 Å². The van der Waals surface area contributed by atoms with Crippen molar-refractivity contribution >= 4 is 28.9 Å². The molecule has 0 aliphatic carbocycles. The average Bonchev–Trinajstić information content (AvgIpc) is 3.38. The predicted molar refractivity (Wildman–Crippen MR) is 140 cm³/mol. The summed E-state index contributed by atoms with van der Waals surface area (Å²) in [5.41, 5.74) is 4.46. The van der Waals surface area contributed by atoms with E-state index in [1.165, 1.54) is 0 Å². The highest BCUT2D eigenvalue weighted by Crippen LogP contribution is 2.33. The van der Waals surface area contributed by atoms with Crippen LogP contribution >= 0.6 is 11.6 Å². The Hall–Kier alpha value is -3.61. The van der Waals surface area contributed by atoms with E-state index in [1.807, 2.05) is 61.5 Å². The Morgan fingerprint density at radius 1 is 1.00 bits per heavy atom. The molecule has 2 aromatic carbocycles. The van der Waals surface area contributed by atoms with Crippen LogP contribution in [0.5, 0.6) is 0 Å². The highest BCUT2D eigenvalue weighted by atomic mass is 35.5. The number of benzene rings is 2. The number of nitrogens with zero attached hydrogens (tertiary/aromatic N) is 3. The fraction of sp³-hybridized carbons (Fsp3) is 0.214. The largest absolute Gasteiger partial charge is 0.451 e. The van der Waals surface area contributed by atoms with Crippen molar-refractivity contribution in [3.63, 3.8) is 0 Å². The molecule has 1 fully saturated rings. The number of hydrogen-bond donors (Lipinski definition) is 1. The van der Waals surface area contributed by atoms with Gasteiger partial charge in [-0.15, -0.1) is 0 Å². The van der Waals surface area contributed by atoms with Crippen LogP contribution < -0.4 is 15.1 Å². The molecule has 3 heterocycles. The number of nitrogens with one attached hydrogen (secondary N) is 1. The predicted octanol–water partition coefficient (Wildman–Crippen LogP) is 5.56. The molecule has 0 unspecified atom stereocenters. The van der Waals surface area contributed by atoms with Gasteiger partial charge >= 0.3 is 0 Å². The third-order valence-corrected chi connectivity index (χ3v) is 6.34. The lowest BCUT2D eigenvalue weighted by atomic mass is 10.1. The van der Waals surface area contributed by atoms with E-state index in [0.717, 1.165) is 54.5 Å². The van der Waals surface area contributed by atoms with Crippen molar-refractivity contribution in [3.8, 4) is 11.3 Å².